The second-order valence-corrected chi connectivity index (χ2v) is 6.45. The minimum atomic E-state index is -1.55. The van der Waals surface area contributed by atoms with Gasteiger partial charge in [-0.3, -0.25) is 19.2 Å². The summed E-state index contributed by atoms with van der Waals surface area (Å²) in [6.07, 6.45) is -2.15. The van der Waals surface area contributed by atoms with Crippen molar-refractivity contribution in [1.29, 1.82) is 0 Å². The van der Waals surface area contributed by atoms with Crippen molar-refractivity contribution in [1.82, 2.24) is 16.0 Å². The van der Waals surface area contributed by atoms with Crippen molar-refractivity contribution in [2.75, 3.05) is 12.4 Å². The lowest BCUT2D eigenvalue weighted by atomic mass is 10.1. The molecule has 0 aromatic rings. The molecule has 0 aliphatic carbocycles. The predicted octanol–water partition coefficient (Wildman–Crippen LogP) is -3.98. The number of aliphatic carboxylic acids is 2. The fraction of sp³-hybridized carbons (Fsp3) is 0.667. The van der Waals surface area contributed by atoms with E-state index in [4.69, 9.17) is 15.9 Å². The number of aliphatic hydroxyl groups excluding tert-OH is 2. The molecular formula is C15H26N4O9S. The van der Waals surface area contributed by atoms with Crippen LogP contribution in [-0.2, 0) is 24.0 Å². The third-order valence-corrected chi connectivity index (χ3v) is 4.08. The van der Waals surface area contributed by atoms with Crippen molar-refractivity contribution in [2.24, 2.45) is 5.73 Å². The molecule has 0 heterocycles. The van der Waals surface area contributed by atoms with Crippen LogP contribution in [0.4, 0.5) is 0 Å². The fourth-order valence-corrected chi connectivity index (χ4v) is 2.20. The van der Waals surface area contributed by atoms with Crippen molar-refractivity contribution < 1.29 is 44.4 Å². The lowest BCUT2D eigenvalue weighted by Crippen LogP contribution is -2.59. The third-order valence-electron chi connectivity index (χ3n) is 3.72. The Morgan fingerprint density at radius 2 is 1.41 bits per heavy atom. The lowest BCUT2D eigenvalue weighted by Gasteiger charge is -2.24. The van der Waals surface area contributed by atoms with Crippen molar-refractivity contribution in [3.05, 3.63) is 0 Å². The summed E-state index contributed by atoms with van der Waals surface area (Å²) in [6, 6.07) is -5.77. The van der Waals surface area contributed by atoms with Gasteiger partial charge in [-0.1, -0.05) is 0 Å². The number of carbonyl (C=O) groups is 5. The van der Waals surface area contributed by atoms with Crippen molar-refractivity contribution in [3.8, 4) is 0 Å². The molecule has 0 rings (SSSR count). The summed E-state index contributed by atoms with van der Waals surface area (Å²) in [6.45, 7) is 0.358. The van der Waals surface area contributed by atoms with Crippen molar-refractivity contribution in [3.63, 3.8) is 0 Å². The minimum Gasteiger partial charge on any atom is -0.481 e. The van der Waals surface area contributed by atoms with Crippen LogP contribution in [0.3, 0.4) is 0 Å². The summed E-state index contributed by atoms with van der Waals surface area (Å²) < 4.78 is 0. The predicted molar refractivity (Wildman–Crippen MR) is 101 cm³/mol. The van der Waals surface area contributed by atoms with Crippen LogP contribution in [0.25, 0.3) is 0 Å². The molecule has 0 radical (unpaired) electrons. The van der Waals surface area contributed by atoms with Gasteiger partial charge in [0.2, 0.25) is 17.7 Å². The summed E-state index contributed by atoms with van der Waals surface area (Å²) in [5, 5.41) is 42.7. The average molecular weight is 438 g/mol. The highest BCUT2D eigenvalue weighted by Crippen LogP contribution is 2.02. The number of nitrogens with two attached hydrogens (primary N) is 1. The van der Waals surface area contributed by atoms with Crippen LogP contribution in [0, 0.1) is 0 Å². The van der Waals surface area contributed by atoms with E-state index in [2.05, 4.69) is 28.6 Å². The monoisotopic (exact) mass is 438 g/mol. The zero-order valence-electron chi connectivity index (χ0n) is 15.6. The molecule has 0 aliphatic heterocycles. The number of nitrogens with one attached hydrogen (secondary N) is 3. The summed E-state index contributed by atoms with van der Waals surface area (Å²) in [5.41, 5.74) is 5.42. The molecule has 0 fully saturated rings. The van der Waals surface area contributed by atoms with Gasteiger partial charge in [0.1, 0.15) is 24.2 Å². The van der Waals surface area contributed by atoms with Crippen molar-refractivity contribution >= 4 is 42.3 Å². The second-order valence-electron chi connectivity index (χ2n) is 6.09. The molecule has 9 N–H and O–H groups in total. The van der Waals surface area contributed by atoms with E-state index in [0.29, 0.717) is 0 Å². The number of carboxylic acids is 2. The van der Waals surface area contributed by atoms with E-state index >= 15 is 0 Å². The average Bonchev–Trinajstić information content (AvgIpc) is 2.65. The van der Waals surface area contributed by atoms with Crippen molar-refractivity contribution in [2.45, 2.75) is 50.0 Å². The van der Waals surface area contributed by atoms with E-state index in [9.17, 15) is 34.2 Å². The number of rotatable bonds is 13. The van der Waals surface area contributed by atoms with Gasteiger partial charge in [-0.15, -0.1) is 0 Å². The third kappa shape index (κ3) is 9.56. The topological polar surface area (TPSA) is 228 Å². The number of hydrogen-bond donors (Lipinski definition) is 9. The summed E-state index contributed by atoms with van der Waals surface area (Å²) in [7, 11) is 0. The quantitative estimate of drug-likeness (QED) is 0.127. The molecule has 13 nitrogen and oxygen atoms in total. The maximum atomic E-state index is 12.3. The molecule has 29 heavy (non-hydrogen) atoms. The lowest BCUT2D eigenvalue weighted by molar-refractivity contribution is -0.142. The number of hydrogen-bond acceptors (Lipinski definition) is 9. The number of aliphatic hydroxyl groups is 2. The Balaban J connectivity index is 5.24. The number of thiol groups is 1. The number of carbonyl (C=O) groups excluding carboxylic acids is 3. The molecule has 0 bridgehead atoms. The first kappa shape index (κ1) is 26.6. The summed E-state index contributed by atoms with van der Waals surface area (Å²) in [4.78, 5) is 58.2. The SMILES string of the molecule is CC(O)C(N)C(=O)NC(CO)C(=O)NC(CCC(=O)O)C(=O)NC(CS)C(=O)O. The molecule has 14 heteroatoms. The van der Waals surface area contributed by atoms with Crippen LogP contribution in [-0.4, -0.2) is 92.7 Å². The zero-order valence-corrected chi connectivity index (χ0v) is 16.5. The van der Waals surface area contributed by atoms with Crippen LogP contribution in [0.15, 0.2) is 0 Å². The molecule has 0 spiro atoms. The van der Waals surface area contributed by atoms with Gasteiger partial charge in [0.25, 0.3) is 0 Å². The molecule has 5 unspecified atom stereocenters. The van der Waals surface area contributed by atoms with Crippen LogP contribution < -0.4 is 21.7 Å². The van der Waals surface area contributed by atoms with E-state index < -0.39 is 73.0 Å². The standard InChI is InChI=1S/C15H26N4O9S/c1-6(21)11(16)14(26)18-8(4-20)13(25)17-7(2-3-10(22)23)12(24)19-9(5-29)15(27)28/h6-9,11,20-21,29H,2-5,16H2,1H3,(H,17,25)(H,18,26)(H,19,24)(H,22,23)(H,27,28). The molecule has 5 atom stereocenters. The van der Waals surface area contributed by atoms with E-state index in [1.54, 1.807) is 0 Å². The molecular weight excluding hydrogens is 412 g/mol. The van der Waals surface area contributed by atoms with E-state index in [1.807, 2.05) is 0 Å². The van der Waals surface area contributed by atoms with Gasteiger partial charge in [-0.05, 0) is 13.3 Å². The molecule has 0 aromatic heterocycles. The van der Waals surface area contributed by atoms with Crippen LogP contribution in [0.2, 0.25) is 0 Å². The first-order valence-electron chi connectivity index (χ1n) is 8.45. The first-order chi connectivity index (χ1) is 13.4. The second kappa shape index (κ2) is 12.9. The van der Waals surface area contributed by atoms with Crippen LogP contribution in [0.1, 0.15) is 19.8 Å². The Hall–Kier alpha value is -2.42. The molecule has 0 saturated heterocycles. The highest BCUT2D eigenvalue weighted by atomic mass is 32.1. The molecule has 3 amide bonds. The first-order valence-corrected chi connectivity index (χ1v) is 9.08. The van der Waals surface area contributed by atoms with Gasteiger partial charge in [-0.2, -0.15) is 12.6 Å². The van der Waals surface area contributed by atoms with Gasteiger partial charge >= 0.3 is 11.9 Å². The van der Waals surface area contributed by atoms with Gasteiger partial charge in [0, 0.05) is 12.2 Å². The molecule has 0 saturated carbocycles. The Morgan fingerprint density at radius 1 is 0.931 bits per heavy atom. The molecule has 0 aromatic carbocycles. The molecule has 166 valence electrons. The Labute approximate surface area is 171 Å². The Morgan fingerprint density at radius 3 is 1.83 bits per heavy atom. The smallest absolute Gasteiger partial charge is 0.327 e. The maximum absolute atomic E-state index is 12.3. The summed E-state index contributed by atoms with van der Waals surface area (Å²) in [5.74, 6) is -5.87. The largest absolute Gasteiger partial charge is 0.481 e. The minimum absolute atomic E-state index is 0.257. The van der Waals surface area contributed by atoms with Gasteiger partial charge in [0.05, 0.1) is 12.7 Å². The number of amides is 3. The molecule has 0 aliphatic rings. The number of carboxylic acid groups (broad SMARTS) is 2. The highest BCUT2D eigenvalue weighted by molar-refractivity contribution is 7.80. The van der Waals surface area contributed by atoms with E-state index in [1.165, 1.54) is 6.92 Å². The highest BCUT2D eigenvalue weighted by Gasteiger charge is 2.30. The maximum Gasteiger partial charge on any atom is 0.327 e. The fourth-order valence-electron chi connectivity index (χ4n) is 1.95. The van der Waals surface area contributed by atoms with E-state index in [0.717, 1.165) is 0 Å². The normalized spacial score (nSPS) is 15.9. The van der Waals surface area contributed by atoms with Crippen LogP contribution >= 0.6 is 12.6 Å². The summed E-state index contributed by atoms with van der Waals surface area (Å²) >= 11 is 3.78. The Kier molecular flexibility index (Phi) is 11.8. The Bertz CT molecular complexity index is 617. The van der Waals surface area contributed by atoms with Gasteiger partial charge < -0.3 is 42.1 Å². The zero-order chi connectivity index (χ0) is 22.7. The van der Waals surface area contributed by atoms with Gasteiger partial charge in [0.15, 0.2) is 0 Å². The van der Waals surface area contributed by atoms with Crippen LogP contribution in [0.5, 0.6) is 0 Å². The van der Waals surface area contributed by atoms with Gasteiger partial charge in [-0.25, -0.2) is 4.79 Å². The van der Waals surface area contributed by atoms with E-state index in [-0.39, 0.29) is 12.2 Å².